The van der Waals surface area contributed by atoms with E-state index in [4.69, 9.17) is 14.2 Å². The van der Waals surface area contributed by atoms with Crippen molar-refractivity contribution in [3.63, 3.8) is 0 Å². The normalized spacial score (nSPS) is 11.0. The van der Waals surface area contributed by atoms with E-state index >= 15 is 0 Å². The van der Waals surface area contributed by atoms with E-state index in [1.807, 2.05) is 12.3 Å². The van der Waals surface area contributed by atoms with Gasteiger partial charge < -0.3 is 19.5 Å². The molecule has 5 heteroatoms. The highest BCUT2D eigenvalue weighted by molar-refractivity contribution is 5.13. The zero-order chi connectivity index (χ0) is 15.2. The van der Waals surface area contributed by atoms with E-state index in [0.717, 1.165) is 31.6 Å². The molecule has 0 fully saturated rings. The van der Waals surface area contributed by atoms with Gasteiger partial charge in [-0.25, -0.2) is 0 Å². The third-order valence-corrected chi connectivity index (χ3v) is 2.90. The molecular formula is C16H28N2O3. The Morgan fingerprint density at radius 3 is 2.67 bits per heavy atom. The molecule has 21 heavy (non-hydrogen) atoms. The first kappa shape index (κ1) is 18.0. The van der Waals surface area contributed by atoms with Crippen molar-refractivity contribution in [3.8, 4) is 0 Å². The molecule has 1 rings (SSSR count). The second-order valence-electron chi connectivity index (χ2n) is 4.85. The molecular weight excluding hydrogens is 268 g/mol. The number of ether oxygens (including phenoxy) is 3. The minimum atomic E-state index is 0.556. The second kappa shape index (κ2) is 12.7. The standard InChI is InChI=1S/C16H28N2O3/c1-3-7-17-12-15-5-6-16(18-13-15)14-21-9-4-8-20-11-10-19-2/h5-6,13,17H,3-4,7-12,14H2,1-2H3. The molecule has 1 aromatic rings. The van der Waals surface area contributed by atoms with Gasteiger partial charge in [0.15, 0.2) is 0 Å². The van der Waals surface area contributed by atoms with Crippen LogP contribution < -0.4 is 5.32 Å². The molecule has 0 amide bonds. The molecule has 0 saturated carbocycles. The lowest BCUT2D eigenvalue weighted by molar-refractivity contribution is 0.0478. The lowest BCUT2D eigenvalue weighted by Crippen LogP contribution is -2.14. The van der Waals surface area contributed by atoms with Gasteiger partial charge in [0.25, 0.3) is 0 Å². The van der Waals surface area contributed by atoms with Crippen molar-refractivity contribution in [3.05, 3.63) is 29.6 Å². The van der Waals surface area contributed by atoms with Gasteiger partial charge in [-0.1, -0.05) is 13.0 Å². The van der Waals surface area contributed by atoms with Gasteiger partial charge in [0.05, 0.1) is 25.5 Å². The van der Waals surface area contributed by atoms with Crippen LogP contribution in [-0.2, 0) is 27.4 Å². The zero-order valence-electron chi connectivity index (χ0n) is 13.3. The summed E-state index contributed by atoms with van der Waals surface area (Å²) in [6.45, 7) is 7.32. The van der Waals surface area contributed by atoms with Crippen LogP contribution in [0.1, 0.15) is 31.0 Å². The van der Waals surface area contributed by atoms with Crippen LogP contribution in [0, 0.1) is 0 Å². The maximum atomic E-state index is 5.58. The average Bonchev–Trinajstić information content (AvgIpc) is 2.52. The Kier molecular flexibility index (Phi) is 10.9. The van der Waals surface area contributed by atoms with Crippen molar-refractivity contribution in [2.45, 2.75) is 32.9 Å². The van der Waals surface area contributed by atoms with Gasteiger partial charge in [0.1, 0.15) is 0 Å². The Morgan fingerprint density at radius 2 is 1.95 bits per heavy atom. The van der Waals surface area contributed by atoms with Crippen molar-refractivity contribution >= 4 is 0 Å². The maximum Gasteiger partial charge on any atom is 0.0887 e. The molecule has 1 heterocycles. The largest absolute Gasteiger partial charge is 0.382 e. The van der Waals surface area contributed by atoms with Crippen molar-refractivity contribution in [2.24, 2.45) is 0 Å². The summed E-state index contributed by atoms with van der Waals surface area (Å²) in [6.07, 6.45) is 3.95. The Hall–Kier alpha value is -1.01. The Morgan fingerprint density at radius 1 is 1.10 bits per heavy atom. The van der Waals surface area contributed by atoms with Crippen LogP contribution in [0.4, 0.5) is 0 Å². The number of methoxy groups -OCH3 is 1. The van der Waals surface area contributed by atoms with E-state index in [9.17, 15) is 0 Å². The van der Waals surface area contributed by atoms with Crippen LogP contribution in [0.2, 0.25) is 0 Å². The minimum absolute atomic E-state index is 0.556. The fourth-order valence-electron chi connectivity index (χ4n) is 1.74. The zero-order valence-corrected chi connectivity index (χ0v) is 13.3. The molecule has 0 aliphatic carbocycles. The van der Waals surface area contributed by atoms with E-state index in [2.05, 4.69) is 23.3 Å². The minimum Gasteiger partial charge on any atom is -0.382 e. The van der Waals surface area contributed by atoms with Gasteiger partial charge in [0.2, 0.25) is 0 Å². The molecule has 0 saturated heterocycles. The lowest BCUT2D eigenvalue weighted by Gasteiger charge is -2.06. The first-order valence-electron chi connectivity index (χ1n) is 7.65. The average molecular weight is 296 g/mol. The summed E-state index contributed by atoms with van der Waals surface area (Å²) in [7, 11) is 1.67. The van der Waals surface area contributed by atoms with Crippen LogP contribution in [0.15, 0.2) is 18.3 Å². The van der Waals surface area contributed by atoms with Crippen LogP contribution >= 0.6 is 0 Å². The third kappa shape index (κ3) is 9.52. The van der Waals surface area contributed by atoms with E-state index in [1.165, 1.54) is 5.56 Å². The van der Waals surface area contributed by atoms with Crippen molar-refractivity contribution in [1.82, 2.24) is 10.3 Å². The Labute approximate surface area is 128 Å². The van der Waals surface area contributed by atoms with Gasteiger partial charge in [0, 0.05) is 33.1 Å². The highest BCUT2D eigenvalue weighted by atomic mass is 16.5. The second-order valence-corrected chi connectivity index (χ2v) is 4.85. The first-order valence-corrected chi connectivity index (χ1v) is 7.65. The monoisotopic (exact) mass is 296 g/mol. The van der Waals surface area contributed by atoms with Gasteiger partial charge in [-0.05, 0) is 31.0 Å². The summed E-state index contributed by atoms with van der Waals surface area (Å²) in [6, 6.07) is 4.13. The van der Waals surface area contributed by atoms with Crippen molar-refractivity contribution in [2.75, 3.05) is 40.1 Å². The van der Waals surface area contributed by atoms with Crippen LogP contribution in [0.3, 0.4) is 0 Å². The van der Waals surface area contributed by atoms with E-state index < -0.39 is 0 Å². The summed E-state index contributed by atoms with van der Waals surface area (Å²) < 4.78 is 15.8. The fraction of sp³-hybridized carbons (Fsp3) is 0.688. The molecule has 5 nitrogen and oxygen atoms in total. The molecule has 0 aliphatic rings. The molecule has 0 bridgehead atoms. The van der Waals surface area contributed by atoms with Crippen LogP contribution in [0.25, 0.3) is 0 Å². The third-order valence-electron chi connectivity index (χ3n) is 2.90. The Bertz CT molecular complexity index is 344. The fourth-order valence-corrected chi connectivity index (χ4v) is 1.74. The number of rotatable bonds is 13. The summed E-state index contributed by atoms with van der Waals surface area (Å²) >= 11 is 0. The van der Waals surface area contributed by atoms with E-state index in [1.54, 1.807) is 7.11 Å². The molecule has 1 N–H and O–H groups in total. The number of nitrogens with zero attached hydrogens (tertiary/aromatic N) is 1. The van der Waals surface area contributed by atoms with Crippen molar-refractivity contribution < 1.29 is 14.2 Å². The molecule has 0 unspecified atom stereocenters. The molecule has 0 atom stereocenters. The van der Waals surface area contributed by atoms with Crippen LogP contribution in [-0.4, -0.2) is 45.1 Å². The molecule has 1 aromatic heterocycles. The summed E-state index contributed by atoms with van der Waals surface area (Å²) in [5.41, 5.74) is 2.17. The van der Waals surface area contributed by atoms with Gasteiger partial charge in [-0.15, -0.1) is 0 Å². The first-order chi connectivity index (χ1) is 10.4. The molecule has 120 valence electrons. The smallest absolute Gasteiger partial charge is 0.0887 e. The summed E-state index contributed by atoms with van der Waals surface area (Å²) in [4.78, 5) is 4.40. The maximum absolute atomic E-state index is 5.58. The molecule has 0 aliphatic heterocycles. The quantitative estimate of drug-likeness (QED) is 0.565. The van der Waals surface area contributed by atoms with Gasteiger partial charge in [-0.2, -0.15) is 0 Å². The van der Waals surface area contributed by atoms with Crippen molar-refractivity contribution in [1.29, 1.82) is 0 Å². The highest BCUT2D eigenvalue weighted by Crippen LogP contribution is 2.02. The predicted molar refractivity (Wildman–Crippen MR) is 83.2 cm³/mol. The van der Waals surface area contributed by atoms with E-state index in [-0.39, 0.29) is 0 Å². The van der Waals surface area contributed by atoms with Gasteiger partial charge >= 0.3 is 0 Å². The predicted octanol–water partition coefficient (Wildman–Crippen LogP) is 2.15. The number of nitrogens with one attached hydrogen (secondary N) is 1. The SMILES string of the molecule is CCCNCc1ccc(COCCCOCCOC)nc1. The summed E-state index contributed by atoms with van der Waals surface area (Å²) in [5, 5.41) is 3.36. The summed E-state index contributed by atoms with van der Waals surface area (Å²) in [5.74, 6) is 0. The number of aromatic nitrogens is 1. The lowest BCUT2D eigenvalue weighted by atomic mass is 10.2. The molecule has 0 radical (unpaired) electrons. The molecule has 0 spiro atoms. The molecule has 0 aromatic carbocycles. The van der Waals surface area contributed by atoms with E-state index in [0.29, 0.717) is 33.0 Å². The topological polar surface area (TPSA) is 52.6 Å². The highest BCUT2D eigenvalue weighted by Gasteiger charge is 1.97. The van der Waals surface area contributed by atoms with Gasteiger partial charge in [-0.3, -0.25) is 4.98 Å². The number of pyridine rings is 1. The Balaban J connectivity index is 2.04. The number of hydrogen-bond acceptors (Lipinski definition) is 5. The number of hydrogen-bond donors (Lipinski definition) is 1. The van der Waals surface area contributed by atoms with Crippen LogP contribution in [0.5, 0.6) is 0 Å².